The maximum Gasteiger partial charge on any atom is 0.145 e. The third-order valence-corrected chi connectivity index (χ3v) is 4.59. The Balaban J connectivity index is 2.74. The van der Waals surface area contributed by atoms with Gasteiger partial charge in [-0.2, -0.15) is 21.0 Å². The molecule has 0 aliphatic carbocycles. The Morgan fingerprint density at radius 3 is 1.47 bits per heavy atom. The SMILES string of the molecule is CN(C)c1ccc(C#CC(=C(C#N)C#N)C(=C(C#N)C#N)c2ccc(N(C)C)cc2)cc1. The van der Waals surface area contributed by atoms with E-state index in [9.17, 15) is 21.0 Å². The van der Waals surface area contributed by atoms with Crippen LogP contribution in [0.2, 0.25) is 0 Å². The molecular weight excluding hydrogens is 396 g/mol. The predicted octanol–water partition coefficient (Wildman–Crippen LogP) is 4.01. The van der Waals surface area contributed by atoms with Gasteiger partial charge in [0.1, 0.15) is 35.4 Å². The van der Waals surface area contributed by atoms with Crippen molar-refractivity contribution in [3.8, 4) is 36.1 Å². The highest BCUT2D eigenvalue weighted by Gasteiger charge is 2.18. The molecule has 6 heteroatoms. The lowest BCUT2D eigenvalue weighted by Gasteiger charge is -2.14. The number of benzene rings is 2. The standard InChI is InChI=1S/C26H20N6/c1-31(2)23-10-5-19(6-11-23)7-14-25(21(15-27)16-28)26(22(17-29)18-30)20-8-12-24(13-9-20)32(3)4/h5-6,8-13H,1-4H3. The second kappa shape index (κ2) is 10.7. The van der Waals surface area contributed by atoms with Gasteiger partial charge in [-0.05, 0) is 42.0 Å². The molecule has 0 atom stereocenters. The topological polar surface area (TPSA) is 102 Å². The van der Waals surface area contributed by atoms with Gasteiger partial charge in [0.05, 0.1) is 5.57 Å². The van der Waals surface area contributed by atoms with Crippen LogP contribution in [0.25, 0.3) is 5.57 Å². The van der Waals surface area contributed by atoms with Gasteiger partial charge in [0, 0.05) is 50.7 Å². The Hall–Kier alpha value is -4.96. The molecular formula is C26H20N6. The highest BCUT2D eigenvalue weighted by atomic mass is 15.1. The van der Waals surface area contributed by atoms with E-state index in [-0.39, 0.29) is 22.3 Å². The summed E-state index contributed by atoms with van der Waals surface area (Å²) in [5.41, 5.74) is 2.82. The van der Waals surface area contributed by atoms with Gasteiger partial charge >= 0.3 is 0 Å². The average molecular weight is 416 g/mol. The molecule has 0 aromatic heterocycles. The molecule has 2 aromatic rings. The van der Waals surface area contributed by atoms with E-state index in [0.29, 0.717) is 11.1 Å². The Kier molecular flexibility index (Phi) is 7.81. The van der Waals surface area contributed by atoms with Gasteiger partial charge in [0.15, 0.2) is 0 Å². The maximum atomic E-state index is 9.56. The molecule has 154 valence electrons. The molecule has 0 N–H and O–H groups in total. The Morgan fingerprint density at radius 2 is 1.06 bits per heavy atom. The van der Waals surface area contributed by atoms with Gasteiger partial charge in [0.2, 0.25) is 0 Å². The van der Waals surface area contributed by atoms with Crippen molar-refractivity contribution in [3.05, 3.63) is 76.4 Å². The van der Waals surface area contributed by atoms with E-state index in [2.05, 4.69) is 11.8 Å². The normalized spacial score (nSPS) is 8.88. The monoisotopic (exact) mass is 416 g/mol. The number of anilines is 2. The first-order valence-electron chi connectivity index (χ1n) is 9.52. The highest BCUT2D eigenvalue weighted by molar-refractivity contribution is 5.92. The van der Waals surface area contributed by atoms with Crippen LogP contribution in [0.15, 0.2) is 65.3 Å². The molecule has 0 saturated heterocycles. The molecule has 0 spiro atoms. The van der Waals surface area contributed by atoms with Crippen LogP contribution < -0.4 is 9.80 Å². The molecule has 0 aliphatic heterocycles. The summed E-state index contributed by atoms with van der Waals surface area (Å²) >= 11 is 0. The van der Waals surface area contributed by atoms with Crippen LogP contribution in [0, 0.1) is 57.2 Å². The summed E-state index contributed by atoms with van der Waals surface area (Å²) in [6, 6.07) is 22.0. The zero-order chi connectivity index (χ0) is 23.7. The van der Waals surface area contributed by atoms with Gasteiger partial charge in [0.25, 0.3) is 0 Å². The van der Waals surface area contributed by atoms with Crippen LogP contribution >= 0.6 is 0 Å². The number of nitriles is 4. The van der Waals surface area contributed by atoms with Gasteiger partial charge in [-0.3, -0.25) is 0 Å². The van der Waals surface area contributed by atoms with Crippen LogP contribution in [0.1, 0.15) is 11.1 Å². The van der Waals surface area contributed by atoms with Crippen LogP contribution in [-0.2, 0) is 0 Å². The summed E-state index contributed by atoms with van der Waals surface area (Å²) in [6.45, 7) is 0. The van der Waals surface area contributed by atoms with Crippen molar-refractivity contribution in [2.75, 3.05) is 38.0 Å². The molecule has 0 aliphatic rings. The quantitative estimate of drug-likeness (QED) is 0.424. The minimum absolute atomic E-state index is 0.0439. The van der Waals surface area contributed by atoms with Crippen LogP contribution in [0.3, 0.4) is 0 Å². The molecule has 0 saturated carbocycles. The molecule has 6 nitrogen and oxygen atoms in total. The minimum Gasteiger partial charge on any atom is -0.378 e. The third kappa shape index (κ3) is 5.34. The highest BCUT2D eigenvalue weighted by Crippen LogP contribution is 2.30. The second-order valence-corrected chi connectivity index (χ2v) is 7.08. The fraction of sp³-hybridized carbons (Fsp3) is 0.154. The van der Waals surface area contributed by atoms with Crippen molar-refractivity contribution in [2.24, 2.45) is 0 Å². The Bertz CT molecular complexity index is 1250. The van der Waals surface area contributed by atoms with Crippen molar-refractivity contribution < 1.29 is 0 Å². The first kappa shape index (κ1) is 23.3. The zero-order valence-corrected chi connectivity index (χ0v) is 18.3. The van der Waals surface area contributed by atoms with Crippen molar-refractivity contribution in [2.45, 2.75) is 0 Å². The molecule has 32 heavy (non-hydrogen) atoms. The summed E-state index contributed by atoms with van der Waals surface area (Å²) in [5.74, 6) is 5.83. The smallest absolute Gasteiger partial charge is 0.145 e. The molecule has 0 fully saturated rings. The Labute approximate surface area is 188 Å². The van der Waals surface area contributed by atoms with Gasteiger partial charge in [-0.15, -0.1) is 0 Å². The van der Waals surface area contributed by atoms with Gasteiger partial charge in [-0.1, -0.05) is 24.0 Å². The fourth-order valence-electron chi connectivity index (χ4n) is 2.84. The second-order valence-electron chi connectivity index (χ2n) is 7.08. The van der Waals surface area contributed by atoms with Gasteiger partial charge in [-0.25, -0.2) is 0 Å². The van der Waals surface area contributed by atoms with Crippen LogP contribution in [-0.4, -0.2) is 28.2 Å². The summed E-state index contributed by atoms with van der Waals surface area (Å²) in [5, 5.41) is 38.2. The van der Waals surface area contributed by atoms with Crippen molar-refractivity contribution in [3.63, 3.8) is 0 Å². The number of hydrogen-bond acceptors (Lipinski definition) is 6. The lowest BCUT2D eigenvalue weighted by molar-refractivity contribution is 1.13. The molecule has 0 bridgehead atoms. The van der Waals surface area contributed by atoms with Crippen molar-refractivity contribution in [1.29, 1.82) is 21.0 Å². The van der Waals surface area contributed by atoms with E-state index in [4.69, 9.17) is 0 Å². The average Bonchev–Trinajstić information content (AvgIpc) is 2.81. The summed E-state index contributed by atoms with van der Waals surface area (Å²) < 4.78 is 0. The Morgan fingerprint density at radius 1 is 0.625 bits per heavy atom. The molecule has 0 radical (unpaired) electrons. The first-order chi connectivity index (χ1) is 15.4. The van der Waals surface area contributed by atoms with E-state index < -0.39 is 0 Å². The van der Waals surface area contributed by atoms with Crippen LogP contribution in [0.5, 0.6) is 0 Å². The first-order valence-corrected chi connectivity index (χ1v) is 9.52. The predicted molar refractivity (Wildman–Crippen MR) is 125 cm³/mol. The fourth-order valence-corrected chi connectivity index (χ4v) is 2.84. The molecule has 0 unspecified atom stereocenters. The van der Waals surface area contributed by atoms with Crippen molar-refractivity contribution >= 4 is 16.9 Å². The lowest BCUT2D eigenvalue weighted by atomic mass is 9.90. The number of hydrogen-bond donors (Lipinski definition) is 0. The molecule has 2 rings (SSSR count). The van der Waals surface area contributed by atoms with Crippen LogP contribution in [0.4, 0.5) is 11.4 Å². The van der Waals surface area contributed by atoms with Gasteiger partial charge < -0.3 is 9.80 Å². The lowest BCUT2D eigenvalue weighted by Crippen LogP contribution is -2.08. The van der Waals surface area contributed by atoms with E-state index in [1.165, 1.54) is 0 Å². The molecule has 0 amide bonds. The third-order valence-electron chi connectivity index (χ3n) is 4.59. The maximum absolute atomic E-state index is 9.56. The number of nitrogens with zero attached hydrogens (tertiary/aromatic N) is 6. The minimum atomic E-state index is -0.267. The largest absolute Gasteiger partial charge is 0.378 e. The number of allylic oxidation sites excluding steroid dienone is 4. The number of rotatable bonds is 4. The van der Waals surface area contributed by atoms with Crippen molar-refractivity contribution in [1.82, 2.24) is 0 Å². The van der Waals surface area contributed by atoms with E-state index in [1.54, 1.807) is 12.1 Å². The van der Waals surface area contributed by atoms with E-state index in [0.717, 1.165) is 11.4 Å². The van der Waals surface area contributed by atoms with E-state index in [1.807, 2.05) is 98.7 Å². The molecule has 0 heterocycles. The summed E-state index contributed by atoms with van der Waals surface area (Å²) in [7, 11) is 7.64. The zero-order valence-electron chi connectivity index (χ0n) is 18.3. The summed E-state index contributed by atoms with van der Waals surface area (Å²) in [6.07, 6.45) is 0. The summed E-state index contributed by atoms with van der Waals surface area (Å²) in [4.78, 5) is 3.86. The molecule has 2 aromatic carbocycles. The van der Waals surface area contributed by atoms with E-state index >= 15 is 0 Å².